The van der Waals surface area contributed by atoms with Gasteiger partial charge in [-0.25, -0.2) is 9.67 Å². The Morgan fingerprint density at radius 3 is 2.47 bits per heavy atom. The van der Waals surface area contributed by atoms with Crippen LogP contribution in [0.1, 0.15) is 36.5 Å². The SMILES string of the molecule is CC(C)c1ccc(N=c2scc(-c3ccco3)n2N=Cc2ccc(C#N)cc2)cc1. The minimum atomic E-state index is 0.480. The van der Waals surface area contributed by atoms with Crippen LogP contribution in [0.5, 0.6) is 0 Å². The van der Waals surface area contributed by atoms with Gasteiger partial charge in [0.15, 0.2) is 5.76 Å². The van der Waals surface area contributed by atoms with Crippen LogP contribution in [0.15, 0.2) is 86.8 Å². The molecule has 0 aliphatic rings. The van der Waals surface area contributed by atoms with E-state index in [1.807, 2.05) is 41.8 Å². The van der Waals surface area contributed by atoms with Gasteiger partial charge in [-0.3, -0.25) is 0 Å². The zero-order chi connectivity index (χ0) is 20.9. The van der Waals surface area contributed by atoms with E-state index < -0.39 is 0 Å². The van der Waals surface area contributed by atoms with Crippen LogP contribution in [0.25, 0.3) is 11.5 Å². The number of nitrogens with zero attached hydrogens (tertiary/aromatic N) is 4. The number of aromatic nitrogens is 1. The molecule has 0 amide bonds. The van der Waals surface area contributed by atoms with E-state index in [2.05, 4.69) is 37.2 Å². The Labute approximate surface area is 178 Å². The summed E-state index contributed by atoms with van der Waals surface area (Å²) >= 11 is 1.50. The van der Waals surface area contributed by atoms with Crippen molar-refractivity contribution in [1.82, 2.24) is 4.68 Å². The Hall–Kier alpha value is -3.69. The summed E-state index contributed by atoms with van der Waals surface area (Å²) < 4.78 is 7.36. The molecule has 0 bridgehead atoms. The fourth-order valence-corrected chi connectivity index (χ4v) is 3.73. The van der Waals surface area contributed by atoms with Crippen molar-refractivity contribution >= 4 is 23.2 Å². The van der Waals surface area contributed by atoms with E-state index in [-0.39, 0.29) is 0 Å². The molecule has 0 atom stereocenters. The standard InChI is InChI=1S/C24H20N4OS/c1-17(2)20-9-11-21(12-10-20)27-24-28(22(16-30-24)23-4-3-13-29-23)26-15-19-7-5-18(14-25)6-8-19/h3-13,15-17H,1-2H3. The largest absolute Gasteiger partial charge is 0.463 e. The van der Waals surface area contributed by atoms with Crippen LogP contribution in [-0.2, 0) is 0 Å². The van der Waals surface area contributed by atoms with Gasteiger partial charge < -0.3 is 4.42 Å². The lowest BCUT2D eigenvalue weighted by atomic mass is 10.0. The Morgan fingerprint density at radius 1 is 1.07 bits per heavy atom. The lowest BCUT2D eigenvalue weighted by Crippen LogP contribution is -2.11. The number of hydrogen-bond donors (Lipinski definition) is 0. The van der Waals surface area contributed by atoms with Crippen molar-refractivity contribution < 1.29 is 4.42 Å². The molecule has 0 saturated carbocycles. The Bertz CT molecular complexity index is 1250. The van der Waals surface area contributed by atoms with Gasteiger partial charge in [-0.15, -0.1) is 11.3 Å². The first-order chi connectivity index (χ1) is 14.6. The molecule has 0 radical (unpaired) electrons. The van der Waals surface area contributed by atoms with Gasteiger partial charge in [-0.2, -0.15) is 10.4 Å². The predicted molar refractivity (Wildman–Crippen MR) is 120 cm³/mol. The Morgan fingerprint density at radius 2 is 1.83 bits per heavy atom. The van der Waals surface area contributed by atoms with Gasteiger partial charge in [0.25, 0.3) is 0 Å². The van der Waals surface area contributed by atoms with Crippen LogP contribution in [0.3, 0.4) is 0 Å². The van der Waals surface area contributed by atoms with Crippen LogP contribution < -0.4 is 4.80 Å². The van der Waals surface area contributed by atoms with Crippen LogP contribution in [-0.4, -0.2) is 10.9 Å². The fourth-order valence-electron chi connectivity index (χ4n) is 2.90. The highest BCUT2D eigenvalue weighted by atomic mass is 32.1. The molecule has 0 aliphatic heterocycles. The van der Waals surface area contributed by atoms with Crippen LogP contribution in [0.4, 0.5) is 5.69 Å². The van der Waals surface area contributed by atoms with E-state index in [1.54, 1.807) is 29.3 Å². The minimum Gasteiger partial charge on any atom is -0.463 e. The second kappa shape index (κ2) is 8.76. The maximum atomic E-state index is 8.97. The Kier molecular flexibility index (Phi) is 5.73. The first-order valence-corrected chi connectivity index (χ1v) is 10.5. The minimum absolute atomic E-state index is 0.480. The van der Waals surface area contributed by atoms with E-state index >= 15 is 0 Å². The van der Waals surface area contributed by atoms with E-state index in [0.717, 1.165) is 27.5 Å². The molecule has 0 aliphatic carbocycles. The van der Waals surface area contributed by atoms with Gasteiger partial charge in [-0.1, -0.05) is 38.1 Å². The topological polar surface area (TPSA) is 66.6 Å². The van der Waals surface area contributed by atoms with Crippen molar-refractivity contribution in [2.75, 3.05) is 0 Å². The number of benzene rings is 2. The molecule has 0 unspecified atom stereocenters. The van der Waals surface area contributed by atoms with Gasteiger partial charge in [0, 0.05) is 5.38 Å². The zero-order valence-electron chi connectivity index (χ0n) is 16.7. The number of nitriles is 1. The number of hydrogen-bond acceptors (Lipinski definition) is 5. The second-order valence-electron chi connectivity index (χ2n) is 7.03. The Balaban J connectivity index is 1.75. The molecule has 0 spiro atoms. The van der Waals surface area contributed by atoms with E-state index in [1.165, 1.54) is 16.9 Å². The zero-order valence-corrected chi connectivity index (χ0v) is 17.5. The molecule has 2 heterocycles. The molecule has 2 aromatic carbocycles. The van der Waals surface area contributed by atoms with Gasteiger partial charge in [0.1, 0.15) is 5.69 Å². The van der Waals surface area contributed by atoms with Crippen LogP contribution in [0, 0.1) is 11.3 Å². The summed E-state index contributed by atoms with van der Waals surface area (Å²) in [5.41, 5.74) is 4.49. The quantitative estimate of drug-likeness (QED) is 0.382. The summed E-state index contributed by atoms with van der Waals surface area (Å²) in [6, 6.07) is 21.4. The predicted octanol–water partition coefficient (Wildman–Crippen LogP) is 5.92. The summed E-state index contributed by atoms with van der Waals surface area (Å²) in [6.45, 7) is 4.35. The summed E-state index contributed by atoms with van der Waals surface area (Å²) in [7, 11) is 0. The van der Waals surface area contributed by atoms with Gasteiger partial charge in [-0.05, 0) is 53.4 Å². The summed E-state index contributed by atoms with van der Waals surface area (Å²) in [5, 5.41) is 15.6. The van der Waals surface area contributed by atoms with E-state index in [4.69, 9.17) is 14.7 Å². The van der Waals surface area contributed by atoms with E-state index in [9.17, 15) is 0 Å². The third-order valence-corrected chi connectivity index (χ3v) is 5.42. The molecule has 0 N–H and O–H groups in total. The third-order valence-electron chi connectivity index (χ3n) is 4.61. The van der Waals surface area contributed by atoms with Crippen LogP contribution >= 0.6 is 11.3 Å². The first-order valence-electron chi connectivity index (χ1n) is 9.57. The fraction of sp³-hybridized carbons (Fsp3) is 0.125. The smallest absolute Gasteiger partial charge is 0.211 e. The van der Waals surface area contributed by atoms with Gasteiger partial charge in [0.2, 0.25) is 4.80 Å². The molecule has 0 saturated heterocycles. The molecule has 5 nitrogen and oxygen atoms in total. The van der Waals surface area contributed by atoms with Crippen molar-refractivity contribution in [3.05, 3.63) is 93.8 Å². The average molecular weight is 413 g/mol. The second-order valence-corrected chi connectivity index (χ2v) is 7.87. The number of rotatable bonds is 5. The van der Waals surface area contributed by atoms with Crippen molar-refractivity contribution in [2.45, 2.75) is 19.8 Å². The first kappa shape index (κ1) is 19.6. The third kappa shape index (κ3) is 4.32. The summed E-state index contributed by atoms with van der Waals surface area (Å²) in [5.74, 6) is 1.20. The summed E-state index contributed by atoms with van der Waals surface area (Å²) in [4.78, 5) is 5.53. The highest BCUT2D eigenvalue weighted by Crippen LogP contribution is 2.22. The number of furan rings is 1. The van der Waals surface area contributed by atoms with Crippen molar-refractivity contribution in [2.24, 2.45) is 10.1 Å². The summed E-state index contributed by atoms with van der Waals surface area (Å²) in [6.07, 6.45) is 3.39. The molecule has 0 fully saturated rings. The molecule has 2 aromatic heterocycles. The average Bonchev–Trinajstić information content (AvgIpc) is 3.43. The maximum absolute atomic E-state index is 8.97. The molecule has 4 rings (SSSR count). The maximum Gasteiger partial charge on any atom is 0.211 e. The highest BCUT2D eigenvalue weighted by Gasteiger charge is 2.10. The lowest BCUT2D eigenvalue weighted by Gasteiger charge is -2.04. The van der Waals surface area contributed by atoms with E-state index in [0.29, 0.717) is 11.5 Å². The molecule has 30 heavy (non-hydrogen) atoms. The molecule has 6 heteroatoms. The lowest BCUT2D eigenvalue weighted by molar-refractivity contribution is 0.575. The van der Waals surface area contributed by atoms with Crippen molar-refractivity contribution in [1.29, 1.82) is 5.26 Å². The molecular formula is C24H20N4OS. The molecule has 4 aromatic rings. The van der Waals surface area contributed by atoms with Crippen molar-refractivity contribution in [3.8, 4) is 17.5 Å². The monoisotopic (exact) mass is 412 g/mol. The van der Waals surface area contributed by atoms with Gasteiger partial charge in [0.05, 0.1) is 29.8 Å². The normalized spacial score (nSPS) is 12.0. The highest BCUT2D eigenvalue weighted by molar-refractivity contribution is 7.07. The molecular weight excluding hydrogens is 392 g/mol. The van der Waals surface area contributed by atoms with Crippen LogP contribution in [0.2, 0.25) is 0 Å². The number of thiazole rings is 1. The van der Waals surface area contributed by atoms with Gasteiger partial charge >= 0.3 is 0 Å². The molecule has 148 valence electrons. The van der Waals surface area contributed by atoms with Crippen molar-refractivity contribution in [3.63, 3.8) is 0 Å².